The van der Waals surface area contributed by atoms with E-state index < -0.39 is 0 Å². The minimum Gasteiger partial charge on any atom is -0.372 e. The molecule has 0 radical (unpaired) electrons. The molecule has 194 valence electrons. The zero-order chi connectivity index (χ0) is 26.2. The van der Waals surface area contributed by atoms with Gasteiger partial charge in [0.15, 0.2) is 0 Å². The van der Waals surface area contributed by atoms with Gasteiger partial charge >= 0.3 is 0 Å². The first-order valence-corrected chi connectivity index (χ1v) is 13.5. The highest BCUT2D eigenvalue weighted by Crippen LogP contribution is 2.29. The molecular weight excluding hydrogens is 496 g/mol. The summed E-state index contributed by atoms with van der Waals surface area (Å²) in [6.45, 7) is 0. The molecule has 6 aromatic rings. The van der Waals surface area contributed by atoms with E-state index in [-0.39, 0.29) is 12.1 Å². The highest BCUT2D eigenvalue weighted by atomic mass is 15.0. The van der Waals surface area contributed by atoms with E-state index >= 15 is 0 Å². The zero-order valence-electron chi connectivity index (χ0n) is 21.4. The van der Waals surface area contributed by atoms with Crippen LogP contribution in [0.4, 0.5) is 0 Å². The van der Waals surface area contributed by atoms with E-state index in [1.807, 2.05) is 0 Å². The minimum absolute atomic E-state index is 0.0780. The molecule has 8 nitrogen and oxygen atoms in total. The van der Waals surface area contributed by atoms with Crippen LogP contribution in [-0.4, -0.2) is 29.9 Å². The van der Waals surface area contributed by atoms with E-state index in [0.717, 1.165) is 77.7 Å². The van der Waals surface area contributed by atoms with Crippen LogP contribution in [0.1, 0.15) is 23.5 Å². The van der Waals surface area contributed by atoms with Gasteiger partial charge < -0.3 is 40.5 Å². The molecule has 9 heterocycles. The zero-order valence-corrected chi connectivity index (χ0v) is 21.4. The monoisotopic (exact) mass is 522 g/mol. The Balaban J connectivity index is 1.23. The van der Waals surface area contributed by atoms with Crippen molar-refractivity contribution in [2.75, 3.05) is 0 Å². The summed E-state index contributed by atoms with van der Waals surface area (Å²) in [6.07, 6.45) is 8.67. The Labute approximate surface area is 227 Å². The van der Waals surface area contributed by atoms with Crippen LogP contribution in [0.2, 0.25) is 0 Å². The first-order chi connectivity index (χ1) is 19.7. The third-order valence-corrected chi connectivity index (χ3v) is 8.10. The van der Waals surface area contributed by atoms with Crippen LogP contribution < -0.4 is 21.3 Å². The molecule has 8 heteroatoms. The Morgan fingerprint density at radius 2 is 0.725 bits per heavy atom. The number of rotatable bonds is 0. The van der Waals surface area contributed by atoms with Gasteiger partial charge in [-0.2, -0.15) is 0 Å². The van der Waals surface area contributed by atoms with Gasteiger partial charge in [-0.25, -0.2) is 0 Å². The van der Waals surface area contributed by atoms with Gasteiger partial charge in [-0.05, 0) is 84.9 Å². The van der Waals surface area contributed by atoms with Crippen LogP contribution >= 0.6 is 0 Å². The van der Waals surface area contributed by atoms with E-state index in [1.165, 1.54) is 0 Å². The predicted molar refractivity (Wildman–Crippen MR) is 154 cm³/mol. The lowest BCUT2D eigenvalue weighted by Crippen LogP contribution is -2.19. The molecule has 16 bridgehead atoms. The molecule has 40 heavy (non-hydrogen) atoms. The topological polar surface area (TPSA) is 119 Å². The lowest BCUT2D eigenvalue weighted by molar-refractivity contribution is 0.774. The molecule has 9 rings (SSSR count). The summed E-state index contributed by atoms with van der Waals surface area (Å²) < 4.78 is 0. The van der Waals surface area contributed by atoms with E-state index in [0.29, 0.717) is 0 Å². The van der Waals surface area contributed by atoms with Crippen LogP contribution in [0.5, 0.6) is 0 Å². The number of nitrogens with one attached hydrogen (secondary N) is 8. The third-order valence-electron chi connectivity index (χ3n) is 8.10. The fraction of sp³-hybridized carbons (Fsp3) is 0.0625. The number of fused-ring (bicyclic) bond motifs is 20. The third kappa shape index (κ3) is 3.32. The number of hydrogen-bond donors (Lipinski definition) is 8. The Morgan fingerprint density at radius 3 is 1.20 bits per heavy atom. The van der Waals surface area contributed by atoms with Crippen molar-refractivity contribution in [3.63, 3.8) is 0 Å². The van der Waals surface area contributed by atoms with Gasteiger partial charge in [0.25, 0.3) is 0 Å². The molecule has 2 unspecified atom stereocenters. The quantitative estimate of drug-likeness (QED) is 0.155. The van der Waals surface area contributed by atoms with Crippen LogP contribution in [0.25, 0.3) is 34.2 Å². The molecule has 0 amide bonds. The number of aromatic nitrogens is 6. The maximum Gasteiger partial charge on any atom is 0.0852 e. The highest BCUT2D eigenvalue weighted by Gasteiger charge is 2.19. The molecule has 3 aliphatic heterocycles. The fourth-order valence-electron chi connectivity index (χ4n) is 5.95. The van der Waals surface area contributed by atoms with E-state index in [2.05, 4.69) is 138 Å². The standard InChI is InChI=1S/C32H26N8/c1-2-18-20-5-6-23(35-20)24-9-10-27(37-24)28-13-14-31(39-28)32-16-15-30(40-32)29-12-11-26(38-29)25-8-7-22(36-25)21-4-3-19(34-21)17(1)33-18/h1-17,30,33-40H/b20-18-,24-23-,28-27-,32-31-. The molecule has 0 aliphatic carbocycles. The Hall–Kier alpha value is -5.50. The normalized spacial score (nSPS) is 23.1. The second kappa shape index (κ2) is 8.00. The average molecular weight is 523 g/mol. The van der Waals surface area contributed by atoms with Crippen LogP contribution in [0.15, 0.2) is 97.1 Å². The van der Waals surface area contributed by atoms with Crippen molar-refractivity contribution >= 4 is 11.4 Å². The summed E-state index contributed by atoms with van der Waals surface area (Å²) in [5.74, 6) is 0. The summed E-state index contributed by atoms with van der Waals surface area (Å²) in [4.78, 5) is 21.5. The number of hydrogen-bond acceptors (Lipinski definition) is 2. The minimum atomic E-state index is 0.0780. The van der Waals surface area contributed by atoms with Crippen molar-refractivity contribution in [1.29, 1.82) is 0 Å². The Morgan fingerprint density at radius 1 is 0.350 bits per heavy atom. The van der Waals surface area contributed by atoms with Gasteiger partial charge in [-0.1, -0.05) is 12.2 Å². The molecule has 0 saturated carbocycles. The van der Waals surface area contributed by atoms with Crippen molar-refractivity contribution in [2.24, 2.45) is 0 Å². The summed E-state index contributed by atoms with van der Waals surface area (Å²) in [7, 11) is 0. The van der Waals surface area contributed by atoms with Crippen molar-refractivity contribution in [2.45, 2.75) is 12.1 Å². The van der Waals surface area contributed by atoms with Crippen molar-refractivity contribution in [3.05, 3.63) is 141 Å². The summed E-state index contributed by atoms with van der Waals surface area (Å²) >= 11 is 0. The van der Waals surface area contributed by atoms with Crippen LogP contribution in [0.3, 0.4) is 0 Å². The largest absolute Gasteiger partial charge is 0.372 e. The second-order valence-electron chi connectivity index (χ2n) is 10.6. The van der Waals surface area contributed by atoms with Gasteiger partial charge in [0, 0.05) is 11.4 Å². The molecule has 8 N–H and O–H groups in total. The Kier molecular flexibility index (Phi) is 4.29. The van der Waals surface area contributed by atoms with Gasteiger partial charge in [-0.15, -0.1) is 0 Å². The van der Waals surface area contributed by atoms with Gasteiger partial charge in [0.2, 0.25) is 0 Å². The maximum atomic E-state index is 3.65. The lowest BCUT2D eigenvalue weighted by atomic mass is 10.2. The fourth-order valence-corrected chi connectivity index (χ4v) is 5.95. The average Bonchev–Trinajstić information content (AvgIpc) is 3.84. The van der Waals surface area contributed by atoms with Crippen molar-refractivity contribution in [1.82, 2.24) is 40.5 Å². The molecule has 3 aliphatic rings. The molecule has 0 aromatic carbocycles. The smallest absolute Gasteiger partial charge is 0.0852 e. The lowest BCUT2D eigenvalue weighted by Gasteiger charge is -2.09. The molecule has 6 aromatic heterocycles. The summed E-state index contributed by atoms with van der Waals surface area (Å²) in [5.41, 5.74) is 8.59. The molecular formula is C32H26N8. The SMILES string of the molecule is C1=CC2N/C1=c1/cc/c([nH]1)=c1\cc/c([nH]1)=c1\cc/c([nH]1)=C1\C=CC(N1)c1ccc([nH]1)-c1ccc([nH]1)-c1ccc2[nH]1. The van der Waals surface area contributed by atoms with Crippen molar-refractivity contribution in [3.8, 4) is 22.8 Å². The first-order valence-electron chi connectivity index (χ1n) is 13.5. The molecule has 0 fully saturated rings. The number of aromatic amines is 6. The first kappa shape index (κ1) is 21.4. The van der Waals surface area contributed by atoms with E-state index in [4.69, 9.17) is 0 Å². The number of H-pyrrole nitrogens is 6. The van der Waals surface area contributed by atoms with Gasteiger partial charge in [0.05, 0.1) is 78.3 Å². The summed E-state index contributed by atoms with van der Waals surface area (Å²) in [6, 6.07) is 25.7. The van der Waals surface area contributed by atoms with Gasteiger partial charge in [0.1, 0.15) is 0 Å². The summed E-state index contributed by atoms with van der Waals surface area (Å²) in [5, 5.41) is 13.6. The van der Waals surface area contributed by atoms with E-state index in [1.54, 1.807) is 0 Å². The Bertz CT molecular complexity index is 2150. The van der Waals surface area contributed by atoms with Gasteiger partial charge in [-0.3, -0.25) is 0 Å². The maximum absolute atomic E-state index is 3.65. The van der Waals surface area contributed by atoms with Crippen molar-refractivity contribution < 1.29 is 0 Å². The predicted octanol–water partition coefficient (Wildman–Crippen LogP) is 3.89. The second-order valence-corrected chi connectivity index (χ2v) is 10.6. The van der Waals surface area contributed by atoms with Crippen LogP contribution in [0, 0.1) is 21.4 Å². The molecule has 0 spiro atoms. The van der Waals surface area contributed by atoms with Crippen LogP contribution in [-0.2, 0) is 0 Å². The molecule has 0 saturated heterocycles. The highest BCUT2D eigenvalue weighted by molar-refractivity contribution is 5.66. The molecule has 2 atom stereocenters. The van der Waals surface area contributed by atoms with E-state index in [9.17, 15) is 0 Å².